The van der Waals surface area contributed by atoms with Crippen LogP contribution in [0.1, 0.15) is 36.1 Å². The van der Waals surface area contributed by atoms with E-state index in [0.717, 1.165) is 29.8 Å². The summed E-state index contributed by atoms with van der Waals surface area (Å²) in [5, 5.41) is 0. The van der Waals surface area contributed by atoms with Crippen LogP contribution in [0.3, 0.4) is 0 Å². The Bertz CT molecular complexity index is 744. The number of methoxy groups -OCH3 is 1. The van der Waals surface area contributed by atoms with Crippen LogP contribution < -0.4 is 4.74 Å². The Kier molecular flexibility index (Phi) is 4.84. The third kappa shape index (κ3) is 3.42. The number of hydrogen-bond donors (Lipinski definition) is 0. The molecule has 0 N–H and O–H groups in total. The smallest absolute Gasteiger partial charge is 0.223 e. The van der Waals surface area contributed by atoms with Crippen molar-refractivity contribution in [2.75, 3.05) is 13.7 Å². The number of hydrogen-bond acceptors (Lipinski definition) is 2. The highest BCUT2D eigenvalue weighted by molar-refractivity contribution is 5.77. The summed E-state index contributed by atoms with van der Waals surface area (Å²) in [5.74, 6) is 0.669. The van der Waals surface area contributed by atoms with Crippen molar-refractivity contribution in [3.8, 4) is 5.75 Å². The predicted molar refractivity (Wildman–Crippen MR) is 91.5 cm³/mol. The first-order valence-electron chi connectivity index (χ1n) is 8.29. The third-order valence-electron chi connectivity index (χ3n) is 4.73. The second kappa shape index (κ2) is 7.04. The molecule has 0 aliphatic carbocycles. The van der Waals surface area contributed by atoms with E-state index in [2.05, 4.69) is 13.0 Å². The summed E-state index contributed by atoms with van der Waals surface area (Å²) >= 11 is 0. The molecule has 0 radical (unpaired) electrons. The highest BCUT2D eigenvalue weighted by Crippen LogP contribution is 2.32. The van der Waals surface area contributed by atoms with Gasteiger partial charge in [0.1, 0.15) is 11.6 Å². The lowest BCUT2D eigenvalue weighted by atomic mass is 9.93. The molecule has 0 saturated heterocycles. The van der Waals surface area contributed by atoms with Crippen molar-refractivity contribution in [1.82, 2.24) is 4.90 Å². The molecule has 1 amide bonds. The Hall–Kier alpha value is -2.36. The number of rotatable bonds is 4. The number of carbonyl (C=O) groups excluding carboxylic acids is 1. The van der Waals surface area contributed by atoms with E-state index in [1.807, 2.05) is 23.1 Å². The van der Waals surface area contributed by atoms with E-state index in [1.165, 1.54) is 17.7 Å². The number of benzene rings is 2. The van der Waals surface area contributed by atoms with Crippen LogP contribution in [0.5, 0.6) is 5.75 Å². The van der Waals surface area contributed by atoms with Gasteiger partial charge in [-0.2, -0.15) is 0 Å². The standard InChI is InChI=1S/C20H22FNO2/c1-14-19-13-18(24-2)8-7-16(19)10-11-22(14)20(23)9-6-15-4-3-5-17(21)12-15/h3-5,7-8,12-14H,6,9-11H2,1-2H3. The van der Waals surface area contributed by atoms with Gasteiger partial charge in [-0.25, -0.2) is 4.39 Å². The molecule has 0 bridgehead atoms. The van der Waals surface area contributed by atoms with Crippen LogP contribution in [-0.2, 0) is 17.6 Å². The molecule has 4 heteroatoms. The molecule has 3 nitrogen and oxygen atoms in total. The summed E-state index contributed by atoms with van der Waals surface area (Å²) in [6, 6.07) is 12.6. The minimum atomic E-state index is -0.257. The topological polar surface area (TPSA) is 29.5 Å². The first-order valence-corrected chi connectivity index (χ1v) is 8.29. The Morgan fingerprint density at radius 2 is 2.12 bits per heavy atom. The van der Waals surface area contributed by atoms with Crippen LogP contribution in [0.4, 0.5) is 4.39 Å². The number of ether oxygens (including phenoxy) is 1. The van der Waals surface area contributed by atoms with Gasteiger partial charge in [-0.05, 0) is 60.7 Å². The van der Waals surface area contributed by atoms with Gasteiger partial charge in [0.2, 0.25) is 5.91 Å². The molecule has 0 saturated carbocycles. The van der Waals surface area contributed by atoms with Gasteiger partial charge in [0.15, 0.2) is 0 Å². The van der Waals surface area contributed by atoms with Gasteiger partial charge in [-0.3, -0.25) is 4.79 Å². The zero-order chi connectivity index (χ0) is 17.1. The average Bonchev–Trinajstić information content (AvgIpc) is 2.60. The van der Waals surface area contributed by atoms with Crippen LogP contribution in [0.25, 0.3) is 0 Å². The Morgan fingerprint density at radius 1 is 1.29 bits per heavy atom. The second-order valence-corrected chi connectivity index (χ2v) is 6.21. The minimum Gasteiger partial charge on any atom is -0.497 e. The first-order chi connectivity index (χ1) is 11.6. The Morgan fingerprint density at radius 3 is 2.88 bits per heavy atom. The van der Waals surface area contributed by atoms with E-state index in [0.29, 0.717) is 12.8 Å². The van der Waals surface area contributed by atoms with Crippen molar-refractivity contribution in [3.05, 3.63) is 65.0 Å². The predicted octanol–water partition coefficient (Wildman–Crippen LogP) is 3.91. The van der Waals surface area contributed by atoms with Crippen molar-refractivity contribution in [2.24, 2.45) is 0 Å². The molecule has 126 valence electrons. The van der Waals surface area contributed by atoms with Crippen LogP contribution in [0.2, 0.25) is 0 Å². The molecule has 1 heterocycles. The highest BCUT2D eigenvalue weighted by Gasteiger charge is 2.27. The van der Waals surface area contributed by atoms with Gasteiger partial charge in [-0.15, -0.1) is 0 Å². The molecule has 0 spiro atoms. The SMILES string of the molecule is COc1ccc2c(c1)C(C)N(C(=O)CCc1cccc(F)c1)CC2. The summed E-state index contributed by atoms with van der Waals surface area (Å²) in [7, 11) is 1.65. The normalized spacial score (nSPS) is 16.6. The van der Waals surface area contributed by atoms with Crippen molar-refractivity contribution in [3.63, 3.8) is 0 Å². The van der Waals surface area contributed by atoms with Crippen LogP contribution in [0, 0.1) is 5.82 Å². The zero-order valence-corrected chi connectivity index (χ0v) is 14.1. The monoisotopic (exact) mass is 327 g/mol. The molecule has 1 atom stereocenters. The lowest BCUT2D eigenvalue weighted by Gasteiger charge is -2.35. The zero-order valence-electron chi connectivity index (χ0n) is 14.1. The molecule has 24 heavy (non-hydrogen) atoms. The first kappa shape index (κ1) is 16.5. The number of carbonyl (C=O) groups is 1. The average molecular weight is 327 g/mol. The summed E-state index contributed by atoms with van der Waals surface area (Å²) in [4.78, 5) is 14.5. The molecule has 3 rings (SSSR count). The van der Waals surface area contributed by atoms with Gasteiger partial charge < -0.3 is 9.64 Å². The summed E-state index contributed by atoms with van der Waals surface area (Å²) in [5.41, 5.74) is 3.28. The maximum atomic E-state index is 13.2. The lowest BCUT2D eigenvalue weighted by molar-refractivity contribution is -0.133. The molecule has 0 aromatic heterocycles. The summed E-state index contributed by atoms with van der Waals surface area (Å²) in [6.45, 7) is 2.78. The van der Waals surface area contributed by atoms with Gasteiger partial charge in [0, 0.05) is 13.0 Å². The summed E-state index contributed by atoms with van der Waals surface area (Å²) < 4.78 is 18.5. The molecule has 0 fully saturated rings. The van der Waals surface area contributed by atoms with Gasteiger partial charge in [-0.1, -0.05) is 18.2 Å². The Labute approximate surface area is 142 Å². The van der Waals surface area contributed by atoms with Gasteiger partial charge >= 0.3 is 0 Å². The van der Waals surface area contributed by atoms with Crippen molar-refractivity contribution >= 4 is 5.91 Å². The Balaban J connectivity index is 1.69. The molecule has 2 aromatic carbocycles. The van der Waals surface area contributed by atoms with E-state index >= 15 is 0 Å². The molecule has 1 aliphatic rings. The van der Waals surface area contributed by atoms with E-state index in [9.17, 15) is 9.18 Å². The van der Waals surface area contributed by atoms with Gasteiger partial charge in [0.05, 0.1) is 13.2 Å². The molecular weight excluding hydrogens is 305 g/mol. The van der Waals surface area contributed by atoms with Crippen molar-refractivity contribution < 1.29 is 13.9 Å². The number of halogens is 1. The lowest BCUT2D eigenvalue weighted by Crippen LogP contribution is -2.39. The highest BCUT2D eigenvalue weighted by atomic mass is 19.1. The van der Waals surface area contributed by atoms with Crippen LogP contribution >= 0.6 is 0 Å². The number of nitrogens with zero attached hydrogens (tertiary/aromatic N) is 1. The molecular formula is C20H22FNO2. The fourth-order valence-corrected chi connectivity index (χ4v) is 3.35. The number of fused-ring (bicyclic) bond motifs is 1. The third-order valence-corrected chi connectivity index (χ3v) is 4.73. The molecule has 1 unspecified atom stereocenters. The number of amides is 1. The molecule has 2 aromatic rings. The van der Waals surface area contributed by atoms with Crippen LogP contribution in [-0.4, -0.2) is 24.5 Å². The van der Waals surface area contributed by atoms with Gasteiger partial charge in [0.25, 0.3) is 0 Å². The fraction of sp³-hybridized carbons (Fsp3) is 0.350. The molecule has 1 aliphatic heterocycles. The van der Waals surface area contributed by atoms with E-state index in [1.54, 1.807) is 13.2 Å². The fourth-order valence-electron chi connectivity index (χ4n) is 3.35. The summed E-state index contributed by atoms with van der Waals surface area (Å²) in [6.07, 6.45) is 1.81. The maximum absolute atomic E-state index is 13.2. The van der Waals surface area contributed by atoms with Crippen molar-refractivity contribution in [1.29, 1.82) is 0 Å². The minimum absolute atomic E-state index is 0.0314. The van der Waals surface area contributed by atoms with E-state index in [-0.39, 0.29) is 17.8 Å². The van der Waals surface area contributed by atoms with Crippen molar-refractivity contribution in [2.45, 2.75) is 32.2 Å². The number of aryl methyl sites for hydroxylation is 1. The second-order valence-electron chi connectivity index (χ2n) is 6.21. The maximum Gasteiger partial charge on any atom is 0.223 e. The largest absolute Gasteiger partial charge is 0.497 e. The van der Waals surface area contributed by atoms with E-state index in [4.69, 9.17) is 4.74 Å². The van der Waals surface area contributed by atoms with E-state index < -0.39 is 0 Å². The van der Waals surface area contributed by atoms with Crippen LogP contribution in [0.15, 0.2) is 42.5 Å². The quantitative estimate of drug-likeness (QED) is 0.852.